The first-order valence-corrected chi connectivity index (χ1v) is 8.41. The van der Waals surface area contributed by atoms with E-state index in [4.69, 9.17) is 11.6 Å². The quantitative estimate of drug-likeness (QED) is 0.867. The maximum atomic E-state index is 11.4. The van der Waals surface area contributed by atoms with Gasteiger partial charge in [-0.25, -0.2) is 9.97 Å². The number of carbonyl (C=O) groups is 1. The predicted octanol–water partition coefficient (Wildman–Crippen LogP) is 3.54. The Hall–Kier alpha value is -1.98. The fraction of sp³-hybridized carbons (Fsp3) is 0.389. The molecule has 0 bridgehead atoms. The highest BCUT2D eigenvalue weighted by Gasteiger charge is 2.35. The molecular formula is C18H20ClN3O2. The van der Waals surface area contributed by atoms with E-state index in [1.807, 2.05) is 42.2 Å². The molecule has 1 aromatic carbocycles. The number of rotatable bonds is 6. The van der Waals surface area contributed by atoms with E-state index in [1.54, 1.807) is 6.92 Å². The Bertz CT molecular complexity index is 744. The van der Waals surface area contributed by atoms with Crippen LogP contribution in [0.5, 0.6) is 0 Å². The van der Waals surface area contributed by atoms with Crippen molar-refractivity contribution >= 4 is 17.6 Å². The van der Waals surface area contributed by atoms with E-state index < -0.39 is 12.0 Å². The van der Waals surface area contributed by atoms with Crippen LogP contribution in [-0.4, -0.2) is 38.0 Å². The Morgan fingerprint density at radius 1 is 1.33 bits per heavy atom. The van der Waals surface area contributed by atoms with Crippen LogP contribution in [0.15, 0.2) is 30.3 Å². The molecule has 1 saturated carbocycles. The lowest BCUT2D eigenvalue weighted by Crippen LogP contribution is -2.40. The smallest absolute Gasteiger partial charge is 0.320 e. The van der Waals surface area contributed by atoms with Crippen molar-refractivity contribution in [2.24, 2.45) is 0 Å². The standard InChI is InChI=1S/C18H20ClN3O2/c1-11-9-15(10-22(16-7-8-16)12(2)18(23)24)21-17(20-11)13-3-5-14(19)6-4-13/h3-6,9,12,16H,7-8,10H2,1-2H3,(H,23,24). The molecule has 24 heavy (non-hydrogen) atoms. The van der Waals surface area contributed by atoms with Gasteiger partial charge in [-0.05, 0) is 57.0 Å². The molecule has 2 aromatic rings. The van der Waals surface area contributed by atoms with Gasteiger partial charge < -0.3 is 5.11 Å². The highest BCUT2D eigenvalue weighted by atomic mass is 35.5. The summed E-state index contributed by atoms with van der Waals surface area (Å²) in [7, 11) is 0. The second-order valence-electron chi connectivity index (χ2n) is 6.25. The molecule has 0 spiro atoms. The number of aromatic nitrogens is 2. The summed E-state index contributed by atoms with van der Waals surface area (Å²) in [6, 6.07) is 9.13. The number of aliphatic carboxylic acids is 1. The van der Waals surface area contributed by atoms with Crippen molar-refractivity contribution in [3.63, 3.8) is 0 Å². The van der Waals surface area contributed by atoms with Crippen LogP contribution >= 0.6 is 11.6 Å². The fourth-order valence-electron chi connectivity index (χ4n) is 2.76. The molecular weight excluding hydrogens is 326 g/mol. The van der Waals surface area contributed by atoms with Gasteiger partial charge in [-0.2, -0.15) is 0 Å². The monoisotopic (exact) mass is 345 g/mol. The Balaban J connectivity index is 1.87. The summed E-state index contributed by atoms with van der Waals surface area (Å²) < 4.78 is 0. The van der Waals surface area contributed by atoms with Crippen LogP contribution in [0.1, 0.15) is 31.2 Å². The number of aryl methyl sites for hydroxylation is 1. The molecule has 0 amide bonds. The molecule has 1 aliphatic rings. The highest BCUT2D eigenvalue weighted by molar-refractivity contribution is 6.30. The number of halogens is 1. The molecule has 1 heterocycles. The van der Waals surface area contributed by atoms with Crippen LogP contribution in [0.25, 0.3) is 11.4 Å². The topological polar surface area (TPSA) is 66.3 Å². The van der Waals surface area contributed by atoms with Gasteiger partial charge in [0, 0.05) is 28.9 Å². The Labute approximate surface area is 146 Å². The second kappa shape index (κ2) is 6.87. The van der Waals surface area contributed by atoms with Gasteiger partial charge >= 0.3 is 5.97 Å². The predicted molar refractivity (Wildman–Crippen MR) is 92.9 cm³/mol. The summed E-state index contributed by atoms with van der Waals surface area (Å²) in [5.41, 5.74) is 2.60. The minimum absolute atomic E-state index is 0.338. The van der Waals surface area contributed by atoms with Gasteiger partial charge in [0.2, 0.25) is 0 Å². The zero-order valence-corrected chi connectivity index (χ0v) is 14.5. The molecule has 1 aliphatic carbocycles. The lowest BCUT2D eigenvalue weighted by atomic mass is 10.2. The molecule has 1 unspecified atom stereocenters. The third-order valence-corrected chi connectivity index (χ3v) is 4.48. The van der Waals surface area contributed by atoms with Gasteiger partial charge in [-0.15, -0.1) is 0 Å². The number of carboxylic acid groups (broad SMARTS) is 1. The minimum Gasteiger partial charge on any atom is -0.480 e. The Morgan fingerprint density at radius 3 is 2.58 bits per heavy atom. The first-order chi connectivity index (χ1) is 11.4. The lowest BCUT2D eigenvalue weighted by molar-refractivity contribution is -0.143. The lowest BCUT2D eigenvalue weighted by Gasteiger charge is -2.25. The fourth-order valence-corrected chi connectivity index (χ4v) is 2.89. The SMILES string of the molecule is Cc1cc(CN(C2CC2)C(C)C(=O)O)nc(-c2ccc(Cl)cc2)n1. The first-order valence-electron chi connectivity index (χ1n) is 8.03. The van der Waals surface area contributed by atoms with Crippen LogP contribution in [0.2, 0.25) is 5.02 Å². The van der Waals surface area contributed by atoms with Gasteiger partial charge in [0.05, 0.1) is 5.69 Å². The van der Waals surface area contributed by atoms with Crippen molar-refractivity contribution in [3.05, 3.63) is 46.7 Å². The maximum Gasteiger partial charge on any atom is 0.320 e. The largest absolute Gasteiger partial charge is 0.480 e. The molecule has 0 aliphatic heterocycles. The Morgan fingerprint density at radius 2 is 2.00 bits per heavy atom. The van der Waals surface area contributed by atoms with Crippen LogP contribution in [0.4, 0.5) is 0 Å². The van der Waals surface area contributed by atoms with E-state index in [0.29, 0.717) is 23.4 Å². The van der Waals surface area contributed by atoms with E-state index in [9.17, 15) is 9.90 Å². The highest BCUT2D eigenvalue weighted by Crippen LogP contribution is 2.30. The molecule has 126 valence electrons. The van der Waals surface area contributed by atoms with E-state index in [2.05, 4.69) is 9.97 Å². The summed E-state index contributed by atoms with van der Waals surface area (Å²) in [4.78, 5) is 22.5. The number of benzene rings is 1. The van der Waals surface area contributed by atoms with Gasteiger partial charge in [0.25, 0.3) is 0 Å². The zero-order chi connectivity index (χ0) is 17.3. The summed E-state index contributed by atoms with van der Waals surface area (Å²) >= 11 is 5.93. The van der Waals surface area contributed by atoms with Crippen LogP contribution in [-0.2, 0) is 11.3 Å². The van der Waals surface area contributed by atoms with Gasteiger partial charge in [-0.1, -0.05) is 11.6 Å². The second-order valence-corrected chi connectivity index (χ2v) is 6.69. The summed E-state index contributed by atoms with van der Waals surface area (Å²) in [6.07, 6.45) is 2.09. The number of nitrogens with zero attached hydrogens (tertiary/aromatic N) is 3. The molecule has 5 nitrogen and oxygen atoms in total. The minimum atomic E-state index is -0.800. The summed E-state index contributed by atoms with van der Waals surface area (Å²) in [6.45, 7) is 4.17. The van der Waals surface area contributed by atoms with Crippen molar-refractivity contribution in [1.82, 2.24) is 14.9 Å². The van der Waals surface area contributed by atoms with Crippen LogP contribution < -0.4 is 0 Å². The van der Waals surface area contributed by atoms with Crippen molar-refractivity contribution in [2.75, 3.05) is 0 Å². The molecule has 1 aromatic heterocycles. The van der Waals surface area contributed by atoms with Crippen molar-refractivity contribution in [1.29, 1.82) is 0 Å². The average molecular weight is 346 g/mol. The van der Waals surface area contributed by atoms with E-state index in [0.717, 1.165) is 29.8 Å². The first kappa shape index (κ1) is 16.9. The third-order valence-electron chi connectivity index (χ3n) is 4.23. The summed E-state index contributed by atoms with van der Waals surface area (Å²) in [5, 5.41) is 10.0. The number of carboxylic acids is 1. The van der Waals surface area contributed by atoms with Crippen molar-refractivity contribution in [2.45, 2.75) is 45.3 Å². The molecule has 1 atom stereocenters. The normalized spacial score (nSPS) is 15.5. The van der Waals surface area contributed by atoms with Crippen molar-refractivity contribution < 1.29 is 9.90 Å². The van der Waals surface area contributed by atoms with Crippen LogP contribution in [0, 0.1) is 6.92 Å². The van der Waals surface area contributed by atoms with E-state index in [-0.39, 0.29) is 0 Å². The van der Waals surface area contributed by atoms with E-state index >= 15 is 0 Å². The number of hydrogen-bond donors (Lipinski definition) is 1. The molecule has 3 rings (SSSR count). The van der Waals surface area contributed by atoms with Gasteiger partial charge in [-0.3, -0.25) is 9.69 Å². The molecule has 0 radical (unpaired) electrons. The van der Waals surface area contributed by atoms with Crippen LogP contribution in [0.3, 0.4) is 0 Å². The van der Waals surface area contributed by atoms with Crippen molar-refractivity contribution in [3.8, 4) is 11.4 Å². The molecule has 1 N–H and O–H groups in total. The average Bonchev–Trinajstić information content (AvgIpc) is 3.37. The third kappa shape index (κ3) is 3.91. The summed E-state index contributed by atoms with van der Waals surface area (Å²) in [5.74, 6) is -0.161. The molecule has 1 fully saturated rings. The zero-order valence-electron chi connectivity index (χ0n) is 13.7. The molecule has 6 heteroatoms. The van der Waals surface area contributed by atoms with Gasteiger partial charge in [0.15, 0.2) is 5.82 Å². The molecule has 0 saturated heterocycles. The Kier molecular flexibility index (Phi) is 4.83. The maximum absolute atomic E-state index is 11.4. The van der Waals surface area contributed by atoms with E-state index in [1.165, 1.54) is 0 Å². The van der Waals surface area contributed by atoms with Gasteiger partial charge in [0.1, 0.15) is 6.04 Å². The number of hydrogen-bond acceptors (Lipinski definition) is 4.